The van der Waals surface area contributed by atoms with Gasteiger partial charge < -0.3 is 20.1 Å². The third-order valence-corrected chi connectivity index (χ3v) is 3.88. The van der Waals surface area contributed by atoms with Gasteiger partial charge in [0.1, 0.15) is 6.04 Å². The molecule has 0 spiro atoms. The molecule has 144 valence electrons. The number of carbonyl (C=O) groups excluding carboxylic acids is 2. The summed E-state index contributed by atoms with van der Waals surface area (Å²) in [7, 11) is 0. The molecule has 0 unspecified atom stereocenters. The van der Waals surface area contributed by atoms with E-state index in [0.29, 0.717) is 36.0 Å². The monoisotopic (exact) mass is 370 g/mol. The minimum absolute atomic E-state index is 0.0106. The molecule has 0 aliphatic rings. The summed E-state index contributed by atoms with van der Waals surface area (Å²) in [6.07, 6.45) is 0. The number of hydrogen-bond acceptors (Lipinski definition) is 5. The molecule has 0 bridgehead atoms. The number of hydrogen-bond donors (Lipinski definition) is 2. The van der Waals surface area contributed by atoms with Crippen molar-refractivity contribution >= 4 is 23.1 Å². The van der Waals surface area contributed by atoms with Crippen LogP contribution >= 0.6 is 0 Å². The van der Waals surface area contributed by atoms with Crippen LogP contribution in [-0.4, -0.2) is 30.9 Å². The highest BCUT2D eigenvalue weighted by Crippen LogP contribution is 2.31. The molecular weight excluding hydrogens is 344 g/mol. The Morgan fingerprint density at radius 3 is 2.11 bits per heavy atom. The maximum absolute atomic E-state index is 12.4. The van der Waals surface area contributed by atoms with Gasteiger partial charge in [-0.1, -0.05) is 0 Å². The van der Waals surface area contributed by atoms with Crippen LogP contribution < -0.4 is 20.1 Å². The lowest BCUT2D eigenvalue weighted by Crippen LogP contribution is -2.31. The predicted octanol–water partition coefficient (Wildman–Crippen LogP) is 4.13. The van der Waals surface area contributed by atoms with Crippen LogP contribution in [0.5, 0.6) is 11.5 Å². The summed E-state index contributed by atoms with van der Waals surface area (Å²) in [5, 5.41) is 5.99. The number of nitrogens with one attached hydrogen (secondary N) is 2. The second-order valence-electron chi connectivity index (χ2n) is 6.02. The topological polar surface area (TPSA) is 76.7 Å². The van der Waals surface area contributed by atoms with Crippen molar-refractivity contribution in [2.75, 3.05) is 23.8 Å². The zero-order chi connectivity index (χ0) is 19.8. The largest absolute Gasteiger partial charge is 0.490 e. The number of benzene rings is 2. The Morgan fingerprint density at radius 1 is 0.926 bits per heavy atom. The summed E-state index contributed by atoms with van der Waals surface area (Å²) in [6.45, 7) is 8.17. The van der Waals surface area contributed by atoms with Crippen molar-refractivity contribution in [3.05, 3.63) is 48.0 Å². The zero-order valence-corrected chi connectivity index (χ0v) is 16.2. The molecule has 6 heteroatoms. The number of anilines is 2. The third-order valence-electron chi connectivity index (χ3n) is 3.88. The lowest BCUT2D eigenvalue weighted by molar-refractivity contribution is -0.116. The lowest BCUT2D eigenvalue weighted by Gasteiger charge is -2.17. The molecule has 0 aliphatic carbocycles. The fourth-order valence-corrected chi connectivity index (χ4v) is 2.50. The first kappa shape index (κ1) is 20.3. The van der Waals surface area contributed by atoms with Crippen molar-refractivity contribution in [2.45, 2.75) is 33.7 Å². The zero-order valence-electron chi connectivity index (χ0n) is 16.2. The van der Waals surface area contributed by atoms with Gasteiger partial charge in [-0.05, 0) is 64.1 Å². The number of rotatable bonds is 9. The van der Waals surface area contributed by atoms with Gasteiger partial charge in [0, 0.05) is 23.0 Å². The molecule has 1 atom stereocenters. The molecule has 0 radical (unpaired) electrons. The van der Waals surface area contributed by atoms with E-state index in [9.17, 15) is 9.59 Å². The Labute approximate surface area is 159 Å². The summed E-state index contributed by atoms with van der Waals surface area (Å²) >= 11 is 0. The van der Waals surface area contributed by atoms with Gasteiger partial charge in [0.15, 0.2) is 17.3 Å². The second-order valence-corrected chi connectivity index (χ2v) is 6.02. The van der Waals surface area contributed by atoms with E-state index in [0.717, 1.165) is 5.69 Å². The number of carbonyl (C=O) groups is 2. The van der Waals surface area contributed by atoms with Crippen LogP contribution in [0.4, 0.5) is 11.4 Å². The van der Waals surface area contributed by atoms with E-state index in [1.807, 2.05) is 32.0 Å². The quantitative estimate of drug-likeness (QED) is 0.649. The molecule has 0 aromatic heterocycles. The summed E-state index contributed by atoms with van der Waals surface area (Å²) in [4.78, 5) is 23.7. The summed E-state index contributed by atoms with van der Waals surface area (Å²) in [5.74, 6) is 1.12. The minimum Gasteiger partial charge on any atom is -0.490 e. The van der Waals surface area contributed by atoms with Gasteiger partial charge in [-0.2, -0.15) is 0 Å². The standard InChI is InChI=1S/C21H26N2O4/c1-5-26-19-12-11-18(13-20(19)27-6-2)22-14(3)21(25)23-17-9-7-16(8-10-17)15(4)24/h7-14,22H,5-6H2,1-4H3,(H,23,25)/t14-/m1/s1. The van der Waals surface area contributed by atoms with Crippen molar-refractivity contribution < 1.29 is 19.1 Å². The predicted molar refractivity (Wildman–Crippen MR) is 107 cm³/mol. The minimum atomic E-state index is -0.468. The van der Waals surface area contributed by atoms with E-state index in [-0.39, 0.29) is 11.7 Å². The van der Waals surface area contributed by atoms with E-state index in [1.54, 1.807) is 31.2 Å². The Kier molecular flexibility index (Phi) is 7.23. The fourth-order valence-electron chi connectivity index (χ4n) is 2.50. The Morgan fingerprint density at radius 2 is 1.52 bits per heavy atom. The first-order valence-electron chi connectivity index (χ1n) is 9.02. The van der Waals surface area contributed by atoms with E-state index in [4.69, 9.17) is 9.47 Å². The van der Waals surface area contributed by atoms with Crippen molar-refractivity contribution in [3.63, 3.8) is 0 Å². The number of amides is 1. The smallest absolute Gasteiger partial charge is 0.246 e. The van der Waals surface area contributed by atoms with Crippen molar-refractivity contribution in [3.8, 4) is 11.5 Å². The normalized spacial score (nSPS) is 11.4. The average molecular weight is 370 g/mol. The highest BCUT2D eigenvalue weighted by molar-refractivity contribution is 5.98. The summed E-state index contributed by atoms with van der Waals surface area (Å²) in [5.41, 5.74) is 2.01. The lowest BCUT2D eigenvalue weighted by atomic mass is 10.1. The molecule has 0 fully saturated rings. The summed E-state index contributed by atoms with van der Waals surface area (Å²) < 4.78 is 11.2. The molecular formula is C21H26N2O4. The maximum atomic E-state index is 12.4. The molecule has 2 aromatic carbocycles. The highest BCUT2D eigenvalue weighted by Gasteiger charge is 2.14. The number of ether oxygens (including phenoxy) is 2. The Balaban J connectivity index is 2.02. The molecule has 6 nitrogen and oxygen atoms in total. The van der Waals surface area contributed by atoms with Gasteiger partial charge in [0.2, 0.25) is 5.91 Å². The van der Waals surface area contributed by atoms with Gasteiger partial charge in [-0.15, -0.1) is 0 Å². The van der Waals surface area contributed by atoms with Crippen molar-refractivity contribution in [2.24, 2.45) is 0 Å². The first-order valence-corrected chi connectivity index (χ1v) is 9.02. The maximum Gasteiger partial charge on any atom is 0.246 e. The number of ketones is 1. The molecule has 27 heavy (non-hydrogen) atoms. The van der Waals surface area contributed by atoms with Gasteiger partial charge in [-0.25, -0.2) is 0 Å². The Hall–Kier alpha value is -3.02. The fraction of sp³-hybridized carbons (Fsp3) is 0.333. The van der Waals surface area contributed by atoms with Crippen LogP contribution in [-0.2, 0) is 4.79 Å². The third kappa shape index (κ3) is 5.74. The van der Waals surface area contributed by atoms with Crippen LogP contribution in [0.3, 0.4) is 0 Å². The van der Waals surface area contributed by atoms with Gasteiger partial charge in [0.05, 0.1) is 13.2 Å². The van der Waals surface area contributed by atoms with Crippen LogP contribution in [0.1, 0.15) is 38.1 Å². The van der Waals surface area contributed by atoms with Crippen LogP contribution in [0.15, 0.2) is 42.5 Å². The molecule has 0 heterocycles. The molecule has 2 rings (SSSR count). The van der Waals surface area contributed by atoms with Crippen LogP contribution in [0.25, 0.3) is 0 Å². The van der Waals surface area contributed by atoms with Gasteiger partial charge >= 0.3 is 0 Å². The highest BCUT2D eigenvalue weighted by atomic mass is 16.5. The SMILES string of the molecule is CCOc1ccc(N[C@H](C)C(=O)Nc2ccc(C(C)=O)cc2)cc1OCC. The van der Waals surface area contributed by atoms with Gasteiger partial charge in [-0.3, -0.25) is 9.59 Å². The van der Waals surface area contributed by atoms with Crippen LogP contribution in [0.2, 0.25) is 0 Å². The molecule has 0 saturated carbocycles. The number of Topliss-reactive ketones (excluding diaryl/α,β-unsaturated/α-hetero) is 1. The molecule has 1 amide bonds. The van der Waals surface area contributed by atoms with Crippen molar-refractivity contribution in [1.82, 2.24) is 0 Å². The molecule has 2 aromatic rings. The van der Waals surface area contributed by atoms with E-state index in [2.05, 4.69) is 10.6 Å². The van der Waals surface area contributed by atoms with Gasteiger partial charge in [0.25, 0.3) is 0 Å². The Bertz CT molecular complexity index is 787. The first-order chi connectivity index (χ1) is 12.9. The van der Waals surface area contributed by atoms with Crippen LogP contribution in [0, 0.1) is 0 Å². The van der Waals surface area contributed by atoms with E-state index in [1.165, 1.54) is 6.92 Å². The van der Waals surface area contributed by atoms with E-state index < -0.39 is 6.04 Å². The molecule has 2 N–H and O–H groups in total. The average Bonchev–Trinajstić information content (AvgIpc) is 2.64. The second kappa shape index (κ2) is 9.62. The summed E-state index contributed by atoms with van der Waals surface area (Å²) in [6, 6.07) is 11.8. The molecule has 0 aliphatic heterocycles. The van der Waals surface area contributed by atoms with E-state index >= 15 is 0 Å². The van der Waals surface area contributed by atoms with Crippen molar-refractivity contribution in [1.29, 1.82) is 0 Å². The molecule has 0 saturated heterocycles.